The molecule has 1 atom stereocenters. The summed E-state index contributed by atoms with van der Waals surface area (Å²) < 4.78 is 0. The average molecular weight is 262 g/mol. The van der Waals surface area contributed by atoms with Crippen LogP contribution in [0.3, 0.4) is 0 Å². The highest BCUT2D eigenvalue weighted by molar-refractivity contribution is 5.26. The van der Waals surface area contributed by atoms with Crippen LogP contribution in [0.5, 0.6) is 5.75 Å². The lowest BCUT2D eigenvalue weighted by atomic mass is 9.77. The quantitative estimate of drug-likeness (QED) is 0.565. The number of hydrogen-bond acceptors (Lipinski definition) is 1. The monoisotopic (exact) mass is 262 g/mol. The largest absolute Gasteiger partial charge is 0.508 e. The molecule has 0 spiro atoms. The van der Waals surface area contributed by atoms with Crippen molar-refractivity contribution in [2.75, 3.05) is 0 Å². The Kier molecular flexibility index (Phi) is 6.97. The maximum absolute atomic E-state index is 9.34. The minimum atomic E-state index is 0.363. The predicted octanol–water partition coefficient (Wildman–Crippen LogP) is 5.71. The van der Waals surface area contributed by atoms with Gasteiger partial charge in [-0.3, -0.25) is 0 Å². The van der Waals surface area contributed by atoms with Crippen molar-refractivity contribution in [1.29, 1.82) is 0 Å². The van der Waals surface area contributed by atoms with Crippen LogP contribution >= 0.6 is 0 Å². The number of unbranched alkanes of at least 4 members (excludes halogenated alkanes) is 4. The Hall–Kier alpha value is -0.980. The minimum Gasteiger partial charge on any atom is -0.508 e. The summed E-state index contributed by atoms with van der Waals surface area (Å²) in [5, 5.41) is 9.34. The first-order valence-corrected chi connectivity index (χ1v) is 7.87. The fourth-order valence-corrected chi connectivity index (χ4v) is 2.65. The molecule has 0 aromatic heterocycles. The summed E-state index contributed by atoms with van der Waals surface area (Å²) >= 11 is 0. The normalized spacial score (nSPS) is 14.3. The third-order valence-corrected chi connectivity index (χ3v) is 4.30. The molecule has 0 fully saturated rings. The molecular formula is C18H30O. The van der Waals surface area contributed by atoms with E-state index in [2.05, 4.69) is 32.9 Å². The van der Waals surface area contributed by atoms with Gasteiger partial charge in [0.2, 0.25) is 0 Å². The molecule has 1 N–H and O–H groups in total. The number of benzene rings is 1. The molecule has 0 aliphatic rings. The zero-order chi connectivity index (χ0) is 14.1. The Labute approximate surface area is 119 Å². The summed E-state index contributed by atoms with van der Waals surface area (Å²) in [6, 6.07) is 7.71. The van der Waals surface area contributed by atoms with Crippen molar-refractivity contribution in [3.63, 3.8) is 0 Å². The number of phenolic OH excluding ortho intramolecular Hbond substituents is 1. The molecular weight excluding hydrogens is 232 g/mol. The molecule has 0 saturated carbocycles. The Balaban J connectivity index is 2.43. The number of phenols is 1. The Morgan fingerprint density at radius 3 is 2.16 bits per heavy atom. The Morgan fingerprint density at radius 2 is 1.58 bits per heavy atom. The fraction of sp³-hybridized carbons (Fsp3) is 0.667. The van der Waals surface area contributed by atoms with Crippen molar-refractivity contribution in [1.82, 2.24) is 0 Å². The van der Waals surface area contributed by atoms with Crippen LogP contribution in [0.15, 0.2) is 24.3 Å². The molecule has 0 radical (unpaired) electrons. The van der Waals surface area contributed by atoms with Crippen LogP contribution in [0.25, 0.3) is 0 Å². The summed E-state index contributed by atoms with van der Waals surface area (Å²) in [6.45, 7) is 6.97. The van der Waals surface area contributed by atoms with Gasteiger partial charge in [-0.05, 0) is 36.0 Å². The van der Waals surface area contributed by atoms with Crippen molar-refractivity contribution >= 4 is 0 Å². The van der Waals surface area contributed by atoms with Gasteiger partial charge < -0.3 is 5.11 Å². The molecule has 19 heavy (non-hydrogen) atoms. The second-order valence-corrected chi connectivity index (χ2v) is 6.17. The van der Waals surface area contributed by atoms with E-state index in [1.807, 2.05) is 0 Å². The SMILES string of the molecule is CCCCCCCC(C)(CC)Cc1ccc(O)cc1. The van der Waals surface area contributed by atoms with Gasteiger partial charge in [0.05, 0.1) is 0 Å². The maximum atomic E-state index is 9.34. The van der Waals surface area contributed by atoms with Gasteiger partial charge >= 0.3 is 0 Å². The third kappa shape index (κ3) is 6.13. The molecule has 0 aliphatic heterocycles. The second-order valence-electron chi connectivity index (χ2n) is 6.17. The molecule has 1 aromatic rings. The lowest BCUT2D eigenvalue weighted by Crippen LogP contribution is -2.18. The summed E-state index contributed by atoms with van der Waals surface area (Å²) in [4.78, 5) is 0. The molecule has 0 bridgehead atoms. The highest BCUT2D eigenvalue weighted by Gasteiger charge is 2.21. The first-order valence-electron chi connectivity index (χ1n) is 7.87. The highest BCUT2D eigenvalue weighted by Crippen LogP contribution is 2.33. The van der Waals surface area contributed by atoms with E-state index in [9.17, 15) is 5.11 Å². The fourth-order valence-electron chi connectivity index (χ4n) is 2.65. The van der Waals surface area contributed by atoms with Crippen molar-refractivity contribution in [3.05, 3.63) is 29.8 Å². The molecule has 1 aromatic carbocycles. The van der Waals surface area contributed by atoms with E-state index in [4.69, 9.17) is 0 Å². The summed E-state index contributed by atoms with van der Waals surface area (Å²) in [5.74, 6) is 0.363. The van der Waals surface area contributed by atoms with Crippen molar-refractivity contribution in [2.24, 2.45) is 5.41 Å². The van der Waals surface area contributed by atoms with Gasteiger partial charge in [-0.2, -0.15) is 0 Å². The van der Waals surface area contributed by atoms with E-state index in [-0.39, 0.29) is 0 Å². The molecule has 0 saturated heterocycles. The molecule has 0 aliphatic carbocycles. The zero-order valence-electron chi connectivity index (χ0n) is 12.9. The smallest absolute Gasteiger partial charge is 0.115 e. The topological polar surface area (TPSA) is 20.2 Å². The van der Waals surface area contributed by atoms with Crippen LogP contribution in [-0.4, -0.2) is 5.11 Å². The van der Waals surface area contributed by atoms with Crippen LogP contribution in [0.1, 0.15) is 71.3 Å². The number of aromatic hydroxyl groups is 1. The van der Waals surface area contributed by atoms with Crippen molar-refractivity contribution in [3.8, 4) is 5.75 Å². The summed E-state index contributed by atoms with van der Waals surface area (Å²) in [7, 11) is 0. The Morgan fingerprint density at radius 1 is 0.947 bits per heavy atom. The van der Waals surface area contributed by atoms with E-state index >= 15 is 0 Å². The van der Waals surface area contributed by atoms with E-state index in [0.29, 0.717) is 11.2 Å². The van der Waals surface area contributed by atoms with Gasteiger partial charge in [-0.1, -0.05) is 71.4 Å². The van der Waals surface area contributed by atoms with Crippen molar-refractivity contribution in [2.45, 2.75) is 72.1 Å². The molecule has 1 heteroatoms. The number of hydrogen-bond donors (Lipinski definition) is 1. The predicted molar refractivity (Wildman–Crippen MR) is 83.6 cm³/mol. The first-order chi connectivity index (χ1) is 9.09. The zero-order valence-corrected chi connectivity index (χ0v) is 12.9. The van der Waals surface area contributed by atoms with Crippen LogP contribution in [0.4, 0.5) is 0 Å². The third-order valence-electron chi connectivity index (χ3n) is 4.30. The average Bonchev–Trinajstić information content (AvgIpc) is 2.41. The van der Waals surface area contributed by atoms with Gasteiger partial charge in [0.25, 0.3) is 0 Å². The standard InChI is InChI=1S/C18H30O/c1-4-6-7-8-9-14-18(3,5-2)15-16-10-12-17(19)13-11-16/h10-13,19H,4-9,14-15H2,1-3H3. The number of rotatable bonds is 9. The van der Waals surface area contributed by atoms with Crippen LogP contribution in [0.2, 0.25) is 0 Å². The summed E-state index contributed by atoms with van der Waals surface area (Å²) in [6.07, 6.45) is 10.5. The van der Waals surface area contributed by atoms with E-state index in [1.54, 1.807) is 12.1 Å². The van der Waals surface area contributed by atoms with Gasteiger partial charge in [-0.25, -0.2) is 0 Å². The molecule has 1 rings (SSSR count). The highest BCUT2D eigenvalue weighted by atomic mass is 16.3. The lowest BCUT2D eigenvalue weighted by Gasteiger charge is -2.28. The molecule has 1 nitrogen and oxygen atoms in total. The second kappa shape index (κ2) is 8.24. The van der Waals surface area contributed by atoms with Crippen molar-refractivity contribution < 1.29 is 5.11 Å². The molecule has 108 valence electrons. The van der Waals surface area contributed by atoms with Gasteiger partial charge in [0.1, 0.15) is 5.75 Å². The summed E-state index contributed by atoms with van der Waals surface area (Å²) in [5.41, 5.74) is 1.75. The van der Waals surface area contributed by atoms with Gasteiger partial charge in [0, 0.05) is 0 Å². The molecule has 0 heterocycles. The minimum absolute atomic E-state index is 0.363. The maximum Gasteiger partial charge on any atom is 0.115 e. The molecule has 0 amide bonds. The molecule has 1 unspecified atom stereocenters. The van der Waals surface area contributed by atoms with E-state index < -0.39 is 0 Å². The van der Waals surface area contributed by atoms with Crippen LogP contribution in [0, 0.1) is 5.41 Å². The van der Waals surface area contributed by atoms with Gasteiger partial charge in [-0.15, -0.1) is 0 Å². The van der Waals surface area contributed by atoms with E-state index in [1.165, 1.54) is 50.5 Å². The van der Waals surface area contributed by atoms with E-state index in [0.717, 1.165) is 6.42 Å². The van der Waals surface area contributed by atoms with Gasteiger partial charge in [0.15, 0.2) is 0 Å². The first kappa shape index (κ1) is 16.1. The lowest BCUT2D eigenvalue weighted by molar-refractivity contribution is 0.270. The Bertz CT molecular complexity index is 341. The van der Waals surface area contributed by atoms with Crippen LogP contribution < -0.4 is 0 Å². The van der Waals surface area contributed by atoms with Crippen LogP contribution in [-0.2, 0) is 6.42 Å².